The first-order valence-electron chi connectivity index (χ1n) is 12.2. The van der Waals surface area contributed by atoms with E-state index in [1.807, 2.05) is 55.5 Å². The molecule has 2 aliphatic rings. The molecule has 3 aromatic carbocycles. The van der Waals surface area contributed by atoms with Crippen molar-refractivity contribution >= 4 is 34.6 Å². The summed E-state index contributed by atoms with van der Waals surface area (Å²) in [4.78, 5) is 28.0. The van der Waals surface area contributed by atoms with E-state index in [-0.39, 0.29) is 11.8 Å². The highest BCUT2D eigenvalue weighted by Crippen LogP contribution is 2.33. The van der Waals surface area contributed by atoms with Crippen LogP contribution >= 0.6 is 0 Å². The molecule has 35 heavy (non-hydrogen) atoms. The highest BCUT2D eigenvalue weighted by atomic mass is 16.2. The molecule has 7 heteroatoms. The predicted octanol–water partition coefficient (Wildman–Crippen LogP) is 4.74. The predicted molar refractivity (Wildman–Crippen MR) is 141 cm³/mol. The number of carbonyl (C=O) groups excluding carboxylic acids is 2. The number of benzene rings is 3. The topological polar surface area (TPSA) is 85.5 Å². The van der Waals surface area contributed by atoms with E-state index in [0.717, 1.165) is 41.3 Å². The van der Waals surface area contributed by atoms with Crippen LogP contribution in [0.15, 0.2) is 60.7 Å². The standard InChI is InChI=1S/C28H31N5O2/c1-19-5-4-6-22(17-19)31-24-11-12-25(26-23(24)18-30-28(26)35)32-27(34)20-7-9-21(10-8-20)29-13-16-33-14-2-3-15-33/h4-12,17,29,31H,2-3,13-16,18H2,1H3,(H,30,35)(H,32,34). The third kappa shape index (κ3) is 5.30. The Bertz CT molecular complexity index is 1230. The van der Waals surface area contributed by atoms with Crippen LogP contribution in [0.1, 0.15) is 44.7 Å². The summed E-state index contributed by atoms with van der Waals surface area (Å²) >= 11 is 0. The van der Waals surface area contributed by atoms with Crippen molar-refractivity contribution in [1.82, 2.24) is 10.2 Å². The number of nitrogens with zero attached hydrogens (tertiary/aromatic N) is 1. The highest BCUT2D eigenvalue weighted by molar-refractivity contribution is 6.11. The van der Waals surface area contributed by atoms with E-state index >= 15 is 0 Å². The van der Waals surface area contributed by atoms with Crippen molar-refractivity contribution in [3.63, 3.8) is 0 Å². The fourth-order valence-corrected chi connectivity index (χ4v) is 4.75. The van der Waals surface area contributed by atoms with Gasteiger partial charge in [-0.1, -0.05) is 12.1 Å². The van der Waals surface area contributed by atoms with Gasteiger partial charge in [0.25, 0.3) is 11.8 Å². The lowest BCUT2D eigenvalue weighted by atomic mass is 10.0. The number of rotatable bonds is 8. The van der Waals surface area contributed by atoms with Crippen LogP contribution in [0.2, 0.25) is 0 Å². The van der Waals surface area contributed by atoms with Crippen molar-refractivity contribution in [3.8, 4) is 0 Å². The minimum atomic E-state index is -0.241. The van der Waals surface area contributed by atoms with Crippen molar-refractivity contribution in [2.45, 2.75) is 26.3 Å². The van der Waals surface area contributed by atoms with Crippen LogP contribution in [0.25, 0.3) is 0 Å². The molecular weight excluding hydrogens is 438 g/mol. The summed E-state index contributed by atoms with van der Waals surface area (Å²) in [5.74, 6) is -0.421. The molecule has 0 aromatic heterocycles. The maximum absolute atomic E-state index is 12.9. The summed E-state index contributed by atoms with van der Waals surface area (Å²) in [6.07, 6.45) is 2.58. The normalized spacial score (nSPS) is 14.9. The molecule has 0 unspecified atom stereocenters. The van der Waals surface area contributed by atoms with Gasteiger partial charge in [-0.05, 0) is 86.9 Å². The number of hydrogen-bond donors (Lipinski definition) is 4. The van der Waals surface area contributed by atoms with Crippen molar-refractivity contribution in [3.05, 3.63) is 82.9 Å². The second-order valence-electron chi connectivity index (χ2n) is 9.20. The summed E-state index contributed by atoms with van der Waals surface area (Å²) in [5.41, 5.74) is 6.38. The summed E-state index contributed by atoms with van der Waals surface area (Å²) in [5, 5.41) is 12.6. The van der Waals surface area contributed by atoms with Crippen LogP contribution in [0.4, 0.5) is 22.7 Å². The molecule has 2 heterocycles. The molecule has 0 bridgehead atoms. The number of carbonyl (C=O) groups is 2. The van der Waals surface area contributed by atoms with Gasteiger partial charge in [0.1, 0.15) is 0 Å². The van der Waals surface area contributed by atoms with Crippen LogP contribution in [-0.2, 0) is 6.54 Å². The Morgan fingerprint density at radius 3 is 2.51 bits per heavy atom. The maximum atomic E-state index is 12.9. The van der Waals surface area contributed by atoms with Crippen LogP contribution in [0.3, 0.4) is 0 Å². The minimum Gasteiger partial charge on any atom is -0.384 e. The largest absolute Gasteiger partial charge is 0.384 e. The van der Waals surface area contributed by atoms with Crippen LogP contribution in [0, 0.1) is 6.92 Å². The number of anilines is 4. The molecule has 0 spiro atoms. The Kier molecular flexibility index (Phi) is 6.68. The molecule has 0 saturated carbocycles. The number of aryl methyl sites for hydroxylation is 1. The average molecular weight is 470 g/mol. The third-order valence-corrected chi connectivity index (χ3v) is 6.61. The minimum absolute atomic E-state index is 0.180. The van der Waals surface area contributed by atoms with Gasteiger partial charge in [-0.2, -0.15) is 0 Å². The quantitative estimate of drug-likeness (QED) is 0.383. The molecule has 0 radical (unpaired) electrons. The van der Waals surface area contributed by atoms with Gasteiger partial charge in [0, 0.05) is 47.8 Å². The smallest absolute Gasteiger partial charge is 0.255 e. The summed E-state index contributed by atoms with van der Waals surface area (Å²) in [6.45, 7) is 6.75. The van der Waals surface area contributed by atoms with E-state index in [4.69, 9.17) is 0 Å². The Balaban J connectivity index is 1.26. The highest BCUT2D eigenvalue weighted by Gasteiger charge is 2.26. The second-order valence-corrected chi connectivity index (χ2v) is 9.20. The molecule has 180 valence electrons. The Morgan fingerprint density at radius 2 is 1.74 bits per heavy atom. The fourth-order valence-electron chi connectivity index (χ4n) is 4.75. The van der Waals surface area contributed by atoms with Crippen LogP contribution < -0.4 is 21.3 Å². The Labute approximate surface area is 205 Å². The van der Waals surface area contributed by atoms with Gasteiger partial charge in [-0.25, -0.2) is 0 Å². The van der Waals surface area contributed by atoms with Gasteiger partial charge in [-0.15, -0.1) is 0 Å². The van der Waals surface area contributed by atoms with Gasteiger partial charge in [0.15, 0.2) is 0 Å². The lowest BCUT2D eigenvalue weighted by Crippen LogP contribution is -2.25. The zero-order valence-electron chi connectivity index (χ0n) is 20.0. The van der Waals surface area contributed by atoms with E-state index in [1.54, 1.807) is 6.07 Å². The van der Waals surface area contributed by atoms with Crippen molar-refractivity contribution < 1.29 is 9.59 Å². The SMILES string of the molecule is Cc1cccc(Nc2ccc(NC(=O)c3ccc(NCCN4CCCC4)cc3)c3c2CNC3=O)c1. The number of hydrogen-bond acceptors (Lipinski definition) is 5. The third-order valence-electron chi connectivity index (χ3n) is 6.61. The van der Waals surface area contributed by atoms with E-state index in [9.17, 15) is 9.59 Å². The summed E-state index contributed by atoms with van der Waals surface area (Å²) < 4.78 is 0. The fraction of sp³-hybridized carbons (Fsp3) is 0.286. The zero-order chi connectivity index (χ0) is 24.2. The summed E-state index contributed by atoms with van der Waals surface area (Å²) in [7, 11) is 0. The Hall–Kier alpha value is -3.84. The number of likely N-dealkylation sites (tertiary alicyclic amines) is 1. The first-order valence-corrected chi connectivity index (χ1v) is 12.2. The number of fused-ring (bicyclic) bond motifs is 1. The molecule has 0 atom stereocenters. The average Bonchev–Trinajstić information content (AvgIpc) is 3.51. The van der Waals surface area contributed by atoms with E-state index in [1.165, 1.54) is 25.9 Å². The molecule has 1 fully saturated rings. The molecule has 2 aliphatic heterocycles. The Morgan fingerprint density at radius 1 is 0.971 bits per heavy atom. The van der Waals surface area contributed by atoms with Crippen molar-refractivity contribution in [1.29, 1.82) is 0 Å². The maximum Gasteiger partial charge on any atom is 0.255 e. The van der Waals surface area contributed by atoms with Gasteiger partial charge in [0.2, 0.25) is 0 Å². The molecule has 1 saturated heterocycles. The lowest BCUT2D eigenvalue weighted by molar-refractivity contribution is 0.0966. The molecule has 4 N–H and O–H groups in total. The zero-order valence-corrected chi connectivity index (χ0v) is 20.0. The molecule has 0 aliphatic carbocycles. The molecule has 3 aromatic rings. The van der Waals surface area contributed by atoms with Gasteiger partial charge in [-0.3, -0.25) is 9.59 Å². The molecule has 5 rings (SSSR count). The van der Waals surface area contributed by atoms with E-state index in [0.29, 0.717) is 23.4 Å². The van der Waals surface area contributed by atoms with Gasteiger partial charge >= 0.3 is 0 Å². The molecular formula is C28H31N5O2. The number of amides is 2. The second kappa shape index (κ2) is 10.2. The first-order chi connectivity index (χ1) is 17.1. The van der Waals surface area contributed by atoms with Gasteiger partial charge in [0.05, 0.1) is 11.3 Å². The van der Waals surface area contributed by atoms with Crippen molar-refractivity contribution in [2.75, 3.05) is 42.1 Å². The summed E-state index contributed by atoms with van der Waals surface area (Å²) in [6, 6.07) is 19.2. The first kappa shape index (κ1) is 22.9. The van der Waals surface area contributed by atoms with Gasteiger partial charge < -0.3 is 26.2 Å². The number of nitrogens with one attached hydrogen (secondary N) is 4. The van der Waals surface area contributed by atoms with E-state index in [2.05, 4.69) is 32.2 Å². The van der Waals surface area contributed by atoms with Crippen LogP contribution in [0.5, 0.6) is 0 Å². The monoisotopic (exact) mass is 469 g/mol. The van der Waals surface area contributed by atoms with Crippen molar-refractivity contribution in [2.24, 2.45) is 0 Å². The van der Waals surface area contributed by atoms with Crippen LogP contribution in [-0.4, -0.2) is 42.9 Å². The molecule has 2 amide bonds. The molecule has 7 nitrogen and oxygen atoms in total. The van der Waals surface area contributed by atoms with E-state index < -0.39 is 0 Å². The lowest BCUT2D eigenvalue weighted by Gasteiger charge is -2.16.